The van der Waals surface area contributed by atoms with Gasteiger partial charge in [-0.15, -0.1) is 0 Å². The van der Waals surface area contributed by atoms with Gasteiger partial charge in [-0.1, -0.05) is 19.1 Å². The van der Waals surface area contributed by atoms with Gasteiger partial charge >= 0.3 is 0 Å². The molecule has 0 amide bonds. The number of hydrogen-bond acceptors (Lipinski definition) is 4. The van der Waals surface area contributed by atoms with Gasteiger partial charge in [0, 0.05) is 29.9 Å². The molecule has 2 aromatic rings. The molecule has 1 aromatic heterocycles. The Bertz CT molecular complexity index is 638. The SMILES string of the molecule is CCc1cc(NC2CCCNC2)nc(-c2cccc(F)c2)n1. The molecule has 4 nitrogen and oxygen atoms in total. The second-order valence-electron chi connectivity index (χ2n) is 5.62. The fraction of sp³-hybridized carbons (Fsp3) is 0.412. The van der Waals surface area contributed by atoms with Crippen molar-refractivity contribution in [1.82, 2.24) is 15.3 Å². The molecule has 0 aliphatic carbocycles. The first kappa shape index (κ1) is 14.9. The van der Waals surface area contributed by atoms with Crippen molar-refractivity contribution >= 4 is 5.82 Å². The van der Waals surface area contributed by atoms with E-state index in [4.69, 9.17) is 0 Å². The molecular formula is C17H21FN4. The van der Waals surface area contributed by atoms with Gasteiger partial charge in [-0.3, -0.25) is 0 Å². The summed E-state index contributed by atoms with van der Waals surface area (Å²) < 4.78 is 13.4. The summed E-state index contributed by atoms with van der Waals surface area (Å²) in [4.78, 5) is 9.09. The van der Waals surface area contributed by atoms with E-state index in [0.29, 0.717) is 17.4 Å². The third-order valence-corrected chi connectivity index (χ3v) is 3.87. The lowest BCUT2D eigenvalue weighted by Crippen LogP contribution is -2.38. The molecule has 3 rings (SSSR count). The molecule has 1 fully saturated rings. The number of benzene rings is 1. The topological polar surface area (TPSA) is 49.8 Å². The van der Waals surface area contributed by atoms with Crippen molar-refractivity contribution in [2.24, 2.45) is 0 Å². The molecule has 22 heavy (non-hydrogen) atoms. The summed E-state index contributed by atoms with van der Waals surface area (Å²) in [5.41, 5.74) is 1.67. The van der Waals surface area contributed by atoms with Crippen LogP contribution < -0.4 is 10.6 Å². The zero-order valence-electron chi connectivity index (χ0n) is 12.8. The van der Waals surface area contributed by atoms with Crippen LogP contribution in [0.1, 0.15) is 25.5 Å². The van der Waals surface area contributed by atoms with Crippen molar-refractivity contribution in [3.63, 3.8) is 0 Å². The Hall–Kier alpha value is -2.01. The number of hydrogen-bond donors (Lipinski definition) is 2. The molecule has 1 aromatic carbocycles. The monoisotopic (exact) mass is 300 g/mol. The molecule has 1 aliphatic heterocycles. The number of nitrogens with one attached hydrogen (secondary N) is 2. The van der Waals surface area contributed by atoms with Gasteiger partial charge in [0.1, 0.15) is 11.6 Å². The number of aryl methyl sites for hydroxylation is 1. The highest BCUT2D eigenvalue weighted by atomic mass is 19.1. The number of halogens is 1. The molecule has 1 aliphatic rings. The summed E-state index contributed by atoms with van der Waals surface area (Å²) in [6, 6.07) is 8.79. The van der Waals surface area contributed by atoms with E-state index >= 15 is 0 Å². The van der Waals surface area contributed by atoms with E-state index in [9.17, 15) is 4.39 Å². The number of aromatic nitrogens is 2. The highest BCUT2D eigenvalue weighted by Crippen LogP contribution is 2.20. The number of nitrogens with zero attached hydrogens (tertiary/aromatic N) is 2. The van der Waals surface area contributed by atoms with Gasteiger partial charge in [-0.05, 0) is 37.9 Å². The molecule has 1 saturated heterocycles. The molecule has 2 N–H and O–H groups in total. The predicted molar refractivity (Wildman–Crippen MR) is 86.3 cm³/mol. The summed E-state index contributed by atoms with van der Waals surface area (Å²) in [6.07, 6.45) is 3.12. The lowest BCUT2D eigenvalue weighted by molar-refractivity contribution is 0.479. The average molecular weight is 300 g/mol. The maximum absolute atomic E-state index is 13.4. The Balaban J connectivity index is 1.88. The van der Waals surface area contributed by atoms with Crippen LogP contribution in [0, 0.1) is 5.82 Å². The Labute approximate surface area is 130 Å². The first-order valence-corrected chi connectivity index (χ1v) is 7.86. The smallest absolute Gasteiger partial charge is 0.161 e. The van der Waals surface area contributed by atoms with Crippen molar-refractivity contribution in [3.8, 4) is 11.4 Å². The van der Waals surface area contributed by atoms with E-state index in [2.05, 4.69) is 27.5 Å². The van der Waals surface area contributed by atoms with Gasteiger partial charge in [-0.25, -0.2) is 14.4 Å². The fourth-order valence-corrected chi connectivity index (χ4v) is 2.69. The van der Waals surface area contributed by atoms with Gasteiger partial charge in [0.05, 0.1) is 0 Å². The van der Waals surface area contributed by atoms with Crippen LogP contribution in [0.5, 0.6) is 0 Å². The highest BCUT2D eigenvalue weighted by Gasteiger charge is 2.14. The summed E-state index contributed by atoms with van der Waals surface area (Å²) in [7, 11) is 0. The van der Waals surface area contributed by atoms with Gasteiger partial charge in [-0.2, -0.15) is 0 Å². The van der Waals surface area contributed by atoms with Gasteiger partial charge in [0.2, 0.25) is 0 Å². The quantitative estimate of drug-likeness (QED) is 0.911. The molecule has 0 bridgehead atoms. The lowest BCUT2D eigenvalue weighted by Gasteiger charge is -2.24. The van der Waals surface area contributed by atoms with Crippen molar-refractivity contribution in [1.29, 1.82) is 0 Å². The Morgan fingerprint density at radius 3 is 2.95 bits per heavy atom. The molecule has 0 spiro atoms. The molecule has 1 unspecified atom stereocenters. The average Bonchev–Trinajstić information content (AvgIpc) is 2.55. The van der Waals surface area contributed by atoms with Crippen molar-refractivity contribution in [3.05, 3.63) is 41.8 Å². The number of anilines is 1. The van der Waals surface area contributed by atoms with E-state index in [1.807, 2.05) is 12.1 Å². The van der Waals surface area contributed by atoms with Gasteiger partial charge in [0.15, 0.2) is 5.82 Å². The second-order valence-corrected chi connectivity index (χ2v) is 5.62. The number of rotatable bonds is 4. The van der Waals surface area contributed by atoms with Crippen molar-refractivity contribution < 1.29 is 4.39 Å². The first-order valence-electron chi connectivity index (χ1n) is 7.86. The fourth-order valence-electron chi connectivity index (χ4n) is 2.69. The Morgan fingerprint density at radius 1 is 1.32 bits per heavy atom. The minimum atomic E-state index is -0.269. The summed E-state index contributed by atoms with van der Waals surface area (Å²) in [5, 5.41) is 6.85. The summed E-state index contributed by atoms with van der Waals surface area (Å²) in [5.74, 6) is 1.12. The maximum Gasteiger partial charge on any atom is 0.161 e. The first-order chi connectivity index (χ1) is 10.7. The Kier molecular flexibility index (Phi) is 4.63. The number of piperidine rings is 1. The summed E-state index contributed by atoms with van der Waals surface area (Å²) >= 11 is 0. The highest BCUT2D eigenvalue weighted by molar-refractivity contribution is 5.57. The molecule has 0 radical (unpaired) electrons. The van der Waals surface area contributed by atoms with Crippen LogP contribution in [0.3, 0.4) is 0 Å². The van der Waals surface area contributed by atoms with Crippen LogP contribution in [-0.2, 0) is 6.42 Å². The van der Waals surface area contributed by atoms with Crippen molar-refractivity contribution in [2.75, 3.05) is 18.4 Å². The third-order valence-electron chi connectivity index (χ3n) is 3.87. The molecule has 5 heteroatoms. The third kappa shape index (κ3) is 3.60. The standard InChI is InChI=1S/C17H21FN4/c1-2-14-10-16(20-15-7-4-8-19-11-15)22-17(21-14)12-5-3-6-13(18)9-12/h3,5-6,9-10,15,19H,2,4,7-8,11H2,1H3,(H,20,21,22). The predicted octanol–water partition coefficient (Wildman–Crippen LogP) is 3.01. The van der Waals surface area contributed by atoms with Crippen LogP contribution in [-0.4, -0.2) is 29.1 Å². The van der Waals surface area contributed by atoms with Crippen molar-refractivity contribution in [2.45, 2.75) is 32.2 Å². The van der Waals surface area contributed by atoms with Crippen LogP contribution >= 0.6 is 0 Å². The summed E-state index contributed by atoms with van der Waals surface area (Å²) in [6.45, 7) is 4.08. The Morgan fingerprint density at radius 2 is 2.23 bits per heavy atom. The zero-order chi connectivity index (χ0) is 15.4. The van der Waals surface area contributed by atoms with Crippen LogP contribution in [0.2, 0.25) is 0 Å². The molecule has 0 saturated carbocycles. The normalized spacial score (nSPS) is 18.2. The maximum atomic E-state index is 13.4. The van der Waals surface area contributed by atoms with E-state index in [-0.39, 0.29) is 5.82 Å². The minimum Gasteiger partial charge on any atom is -0.366 e. The van der Waals surface area contributed by atoms with E-state index in [0.717, 1.165) is 37.4 Å². The van der Waals surface area contributed by atoms with Crippen LogP contribution in [0.15, 0.2) is 30.3 Å². The second kappa shape index (κ2) is 6.83. The molecule has 1 atom stereocenters. The van der Waals surface area contributed by atoms with Gasteiger partial charge < -0.3 is 10.6 Å². The van der Waals surface area contributed by atoms with E-state index < -0.39 is 0 Å². The van der Waals surface area contributed by atoms with Gasteiger partial charge in [0.25, 0.3) is 0 Å². The largest absolute Gasteiger partial charge is 0.366 e. The van der Waals surface area contributed by atoms with E-state index in [1.54, 1.807) is 6.07 Å². The van der Waals surface area contributed by atoms with Crippen LogP contribution in [0.25, 0.3) is 11.4 Å². The molecule has 2 heterocycles. The van der Waals surface area contributed by atoms with Crippen LogP contribution in [0.4, 0.5) is 10.2 Å². The van der Waals surface area contributed by atoms with E-state index in [1.165, 1.54) is 18.6 Å². The molecular weight excluding hydrogens is 279 g/mol. The lowest BCUT2D eigenvalue weighted by atomic mass is 10.1. The zero-order valence-corrected chi connectivity index (χ0v) is 12.8. The minimum absolute atomic E-state index is 0.269. The molecule has 116 valence electrons.